The second-order valence-electron chi connectivity index (χ2n) is 7.21. The van der Waals surface area contributed by atoms with E-state index in [2.05, 4.69) is 21.2 Å². The molecule has 0 bridgehead atoms. The summed E-state index contributed by atoms with van der Waals surface area (Å²) in [6.45, 7) is 4.63. The number of carbonyl (C=O) groups is 1. The number of nitriles is 1. The minimum absolute atomic E-state index is 0.0162. The van der Waals surface area contributed by atoms with E-state index in [1.54, 1.807) is 54.6 Å². The third kappa shape index (κ3) is 7.08. The second kappa shape index (κ2) is 12.6. The Bertz CT molecular complexity index is 1250. The van der Waals surface area contributed by atoms with Crippen molar-refractivity contribution in [3.05, 3.63) is 87.7 Å². The smallest absolute Gasteiger partial charge is 0.266 e. The number of rotatable bonds is 10. The van der Waals surface area contributed by atoms with Crippen LogP contribution in [0.2, 0.25) is 0 Å². The van der Waals surface area contributed by atoms with E-state index >= 15 is 0 Å². The SMILES string of the molecule is CCOc1ccc(NC(=O)/C(C#N)=C/c2cc(OCC)c(OCc3ccccc3F)cc2Br)cc1. The number of anilines is 1. The minimum atomic E-state index is -0.554. The van der Waals surface area contributed by atoms with E-state index in [4.69, 9.17) is 14.2 Å². The van der Waals surface area contributed by atoms with E-state index < -0.39 is 5.91 Å². The molecular weight excluding hydrogens is 515 g/mol. The molecule has 35 heavy (non-hydrogen) atoms. The molecule has 6 nitrogen and oxygen atoms in total. The van der Waals surface area contributed by atoms with Crippen molar-refractivity contribution in [1.82, 2.24) is 0 Å². The number of amides is 1. The molecule has 0 aliphatic carbocycles. The highest BCUT2D eigenvalue weighted by Gasteiger charge is 2.15. The second-order valence-corrected chi connectivity index (χ2v) is 8.07. The number of nitrogens with zero attached hydrogens (tertiary/aromatic N) is 1. The van der Waals surface area contributed by atoms with E-state index in [9.17, 15) is 14.4 Å². The van der Waals surface area contributed by atoms with Crippen LogP contribution < -0.4 is 19.5 Å². The van der Waals surface area contributed by atoms with E-state index in [1.807, 2.05) is 19.9 Å². The third-order valence-corrected chi connectivity index (χ3v) is 5.48. The molecular formula is C27H24BrFN2O4. The van der Waals surface area contributed by atoms with Crippen LogP contribution in [-0.2, 0) is 11.4 Å². The lowest BCUT2D eigenvalue weighted by molar-refractivity contribution is -0.112. The Morgan fingerprint density at radius 2 is 1.71 bits per heavy atom. The maximum Gasteiger partial charge on any atom is 0.266 e. The number of hydrogen-bond acceptors (Lipinski definition) is 5. The Kier molecular flexibility index (Phi) is 9.27. The van der Waals surface area contributed by atoms with Gasteiger partial charge in [0.2, 0.25) is 0 Å². The van der Waals surface area contributed by atoms with Gasteiger partial charge < -0.3 is 19.5 Å². The summed E-state index contributed by atoms with van der Waals surface area (Å²) in [6.07, 6.45) is 1.46. The highest BCUT2D eigenvalue weighted by molar-refractivity contribution is 9.10. The first kappa shape index (κ1) is 25.8. The number of ether oxygens (including phenoxy) is 3. The van der Waals surface area contributed by atoms with Gasteiger partial charge in [-0.1, -0.05) is 34.1 Å². The fraction of sp³-hybridized carbons (Fsp3) is 0.185. The predicted octanol–water partition coefficient (Wildman–Crippen LogP) is 6.51. The van der Waals surface area contributed by atoms with Crippen LogP contribution in [0.15, 0.2) is 70.7 Å². The van der Waals surface area contributed by atoms with Gasteiger partial charge in [-0.05, 0) is 68.0 Å². The van der Waals surface area contributed by atoms with Crippen molar-refractivity contribution in [3.8, 4) is 23.3 Å². The van der Waals surface area contributed by atoms with Gasteiger partial charge in [-0.2, -0.15) is 5.26 Å². The number of halogens is 2. The molecule has 3 rings (SSSR count). The first-order valence-corrected chi connectivity index (χ1v) is 11.7. The summed E-state index contributed by atoms with van der Waals surface area (Å²) in [7, 11) is 0. The van der Waals surface area contributed by atoms with Crippen molar-refractivity contribution in [1.29, 1.82) is 5.26 Å². The van der Waals surface area contributed by atoms with Gasteiger partial charge in [0.15, 0.2) is 11.5 Å². The quantitative estimate of drug-likeness (QED) is 0.235. The van der Waals surface area contributed by atoms with Crippen LogP contribution in [0.3, 0.4) is 0 Å². The van der Waals surface area contributed by atoms with Crippen molar-refractivity contribution in [2.45, 2.75) is 20.5 Å². The molecule has 0 atom stereocenters. The van der Waals surface area contributed by atoms with Crippen LogP contribution >= 0.6 is 15.9 Å². The van der Waals surface area contributed by atoms with Gasteiger partial charge in [0.25, 0.3) is 5.91 Å². The number of benzene rings is 3. The van der Waals surface area contributed by atoms with E-state index in [-0.39, 0.29) is 18.0 Å². The largest absolute Gasteiger partial charge is 0.494 e. The molecule has 0 heterocycles. The van der Waals surface area contributed by atoms with Gasteiger partial charge in [0.05, 0.1) is 13.2 Å². The predicted molar refractivity (Wildman–Crippen MR) is 136 cm³/mol. The summed E-state index contributed by atoms with van der Waals surface area (Å²) in [5, 5.41) is 12.3. The zero-order valence-corrected chi connectivity index (χ0v) is 20.9. The summed E-state index contributed by atoms with van der Waals surface area (Å²) in [6, 6.07) is 18.5. The molecule has 1 amide bonds. The lowest BCUT2D eigenvalue weighted by Crippen LogP contribution is -2.13. The van der Waals surface area contributed by atoms with Gasteiger partial charge in [0, 0.05) is 15.7 Å². The van der Waals surface area contributed by atoms with Crippen LogP contribution in [0.5, 0.6) is 17.2 Å². The number of hydrogen-bond donors (Lipinski definition) is 1. The van der Waals surface area contributed by atoms with Gasteiger partial charge in [0.1, 0.15) is 29.8 Å². The molecule has 3 aromatic carbocycles. The van der Waals surface area contributed by atoms with Gasteiger partial charge in [-0.25, -0.2) is 4.39 Å². The first-order chi connectivity index (χ1) is 16.9. The Labute approximate surface area is 212 Å². The van der Waals surface area contributed by atoms with Crippen molar-refractivity contribution >= 4 is 33.6 Å². The molecule has 0 aliphatic heterocycles. The summed E-state index contributed by atoms with van der Waals surface area (Å²) in [5.41, 5.74) is 1.39. The van der Waals surface area contributed by atoms with E-state index in [0.717, 1.165) is 0 Å². The van der Waals surface area contributed by atoms with Crippen molar-refractivity contribution in [3.63, 3.8) is 0 Å². The Hall–Kier alpha value is -3.83. The lowest BCUT2D eigenvalue weighted by atomic mass is 10.1. The van der Waals surface area contributed by atoms with Crippen LogP contribution in [0.1, 0.15) is 25.0 Å². The average Bonchev–Trinajstić information content (AvgIpc) is 2.85. The Morgan fingerprint density at radius 1 is 1.03 bits per heavy atom. The minimum Gasteiger partial charge on any atom is -0.494 e. The zero-order valence-electron chi connectivity index (χ0n) is 19.3. The summed E-state index contributed by atoms with van der Waals surface area (Å²) < 4.78 is 31.4. The lowest BCUT2D eigenvalue weighted by Gasteiger charge is -2.14. The molecule has 0 aliphatic rings. The fourth-order valence-corrected chi connectivity index (χ4v) is 3.55. The first-order valence-electron chi connectivity index (χ1n) is 10.9. The number of nitrogens with one attached hydrogen (secondary N) is 1. The Balaban J connectivity index is 1.81. The molecule has 1 N–H and O–H groups in total. The van der Waals surface area contributed by atoms with E-state index in [0.29, 0.717) is 51.7 Å². The highest BCUT2D eigenvalue weighted by Crippen LogP contribution is 2.35. The van der Waals surface area contributed by atoms with Gasteiger partial charge >= 0.3 is 0 Å². The van der Waals surface area contributed by atoms with Crippen molar-refractivity contribution < 1.29 is 23.4 Å². The van der Waals surface area contributed by atoms with Gasteiger partial charge in [-0.3, -0.25) is 4.79 Å². The molecule has 0 spiro atoms. The summed E-state index contributed by atoms with van der Waals surface area (Å²) in [4.78, 5) is 12.7. The Morgan fingerprint density at radius 3 is 2.37 bits per heavy atom. The van der Waals surface area contributed by atoms with Crippen LogP contribution in [0.4, 0.5) is 10.1 Å². The monoisotopic (exact) mass is 538 g/mol. The zero-order chi connectivity index (χ0) is 25.2. The fourth-order valence-electron chi connectivity index (χ4n) is 3.12. The standard InChI is InChI=1S/C27H24BrFN2O4/c1-3-33-22-11-9-21(10-12-22)31-27(32)20(16-30)13-19-14-25(34-4-2)26(15-23(19)28)35-17-18-7-5-6-8-24(18)29/h5-15H,3-4,17H2,1-2H3,(H,31,32)/b20-13+. The average molecular weight is 539 g/mol. The molecule has 3 aromatic rings. The molecule has 0 unspecified atom stereocenters. The van der Waals surface area contributed by atoms with Crippen LogP contribution in [-0.4, -0.2) is 19.1 Å². The van der Waals surface area contributed by atoms with Crippen LogP contribution in [0.25, 0.3) is 6.08 Å². The van der Waals surface area contributed by atoms with Crippen molar-refractivity contribution in [2.24, 2.45) is 0 Å². The van der Waals surface area contributed by atoms with Crippen LogP contribution in [0, 0.1) is 17.1 Å². The molecule has 0 saturated carbocycles. The van der Waals surface area contributed by atoms with E-state index in [1.165, 1.54) is 12.1 Å². The molecule has 0 fully saturated rings. The molecule has 180 valence electrons. The topological polar surface area (TPSA) is 80.6 Å². The number of carbonyl (C=O) groups excluding carboxylic acids is 1. The molecule has 8 heteroatoms. The molecule has 0 radical (unpaired) electrons. The summed E-state index contributed by atoms with van der Waals surface area (Å²) >= 11 is 3.46. The van der Waals surface area contributed by atoms with Gasteiger partial charge in [-0.15, -0.1) is 0 Å². The maximum atomic E-state index is 13.9. The highest BCUT2D eigenvalue weighted by atomic mass is 79.9. The van der Waals surface area contributed by atoms with Crippen molar-refractivity contribution in [2.75, 3.05) is 18.5 Å². The molecule has 0 saturated heterocycles. The molecule has 0 aromatic heterocycles. The maximum absolute atomic E-state index is 13.9. The summed E-state index contributed by atoms with van der Waals surface area (Å²) in [5.74, 6) is 0.577. The normalized spacial score (nSPS) is 10.9. The third-order valence-electron chi connectivity index (χ3n) is 4.79.